The molecule has 1 heterocycles. The van der Waals surface area contributed by atoms with Gasteiger partial charge in [-0.2, -0.15) is 0 Å². The van der Waals surface area contributed by atoms with Gasteiger partial charge in [0.25, 0.3) is 0 Å². The third kappa shape index (κ3) is 5.48. The molecule has 1 saturated carbocycles. The zero-order chi connectivity index (χ0) is 25.2. The summed E-state index contributed by atoms with van der Waals surface area (Å²) >= 11 is 5.85. The number of carbonyl (C=O) groups excluding carboxylic acids is 1. The van der Waals surface area contributed by atoms with E-state index in [9.17, 15) is 19.4 Å². The molecule has 184 valence electrons. The van der Waals surface area contributed by atoms with Crippen LogP contribution in [0.1, 0.15) is 28.9 Å². The summed E-state index contributed by atoms with van der Waals surface area (Å²) in [5, 5.41) is 21.2. The van der Waals surface area contributed by atoms with Crippen LogP contribution in [0.25, 0.3) is 11.3 Å². The number of halogens is 2. The lowest BCUT2D eigenvalue weighted by Gasteiger charge is -2.26. The summed E-state index contributed by atoms with van der Waals surface area (Å²) in [5.41, 5.74) is 4.57. The summed E-state index contributed by atoms with van der Waals surface area (Å²) in [6.45, 7) is -0.842. The number of nitrogens with zero attached hydrogens (tertiary/aromatic N) is 1. The molecule has 0 saturated heterocycles. The quantitative estimate of drug-likeness (QED) is 0.377. The van der Waals surface area contributed by atoms with E-state index in [1.165, 1.54) is 37.4 Å². The first-order valence-electron chi connectivity index (χ1n) is 10.8. The fraction of sp³-hybridized carbons (Fsp3) is 0.280. The van der Waals surface area contributed by atoms with Crippen molar-refractivity contribution < 1.29 is 33.6 Å². The predicted molar refractivity (Wildman–Crippen MR) is 126 cm³/mol. The highest BCUT2D eigenvalue weighted by Gasteiger charge is 2.33. The SMILES string of the molecule is COc1cc(C(=O)OCC(O)(CN)c2ccc(O)c(-c3ccc(F)c(Cl)c3)n2)ccc1OC1CC1. The minimum atomic E-state index is -1.86. The first kappa shape index (κ1) is 24.7. The maximum atomic E-state index is 13.5. The Labute approximate surface area is 206 Å². The van der Waals surface area contributed by atoms with Gasteiger partial charge in [-0.3, -0.25) is 0 Å². The van der Waals surface area contributed by atoms with Crippen LogP contribution in [0.3, 0.4) is 0 Å². The van der Waals surface area contributed by atoms with E-state index >= 15 is 0 Å². The molecule has 1 aliphatic rings. The van der Waals surface area contributed by atoms with Crippen LogP contribution in [0.15, 0.2) is 48.5 Å². The molecule has 1 aromatic heterocycles. The van der Waals surface area contributed by atoms with Gasteiger partial charge in [0.2, 0.25) is 0 Å². The van der Waals surface area contributed by atoms with Crippen LogP contribution >= 0.6 is 11.6 Å². The minimum absolute atomic E-state index is 0.0480. The fourth-order valence-electron chi connectivity index (χ4n) is 3.33. The van der Waals surface area contributed by atoms with Crippen molar-refractivity contribution >= 4 is 17.6 Å². The number of hydrogen-bond donors (Lipinski definition) is 3. The third-order valence-electron chi connectivity index (χ3n) is 5.54. The lowest BCUT2D eigenvalue weighted by Crippen LogP contribution is -2.41. The van der Waals surface area contributed by atoms with E-state index in [-0.39, 0.29) is 40.4 Å². The van der Waals surface area contributed by atoms with Crippen molar-refractivity contribution in [2.45, 2.75) is 24.5 Å². The van der Waals surface area contributed by atoms with Crippen LogP contribution in [0, 0.1) is 5.82 Å². The highest BCUT2D eigenvalue weighted by Crippen LogP contribution is 2.35. The molecule has 10 heteroatoms. The average molecular weight is 503 g/mol. The van der Waals surface area contributed by atoms with Crippen molar-refractivity contribution in [3.8, 4) is 28.5 Å². The van der Waals surface area contributed by atoms with Crippen LogP contribution < -0.4 is 15.2 Å². The van der Waals surface area contributed by atoms with E-state index in [2.05, 4.69) is 4.98 Å². The number of nitrogens with two attached hydrogens (primary N) is 1. The Balaban J connectivity index is 1.53. The lowest BCUT2D eigenvalue weighted by atomic mass is 9.99. The number of hydrogen-bond acceptors (Lipinski definition) is 8. The number of methoxy groups -OCH3 is 1. The zero-order valence-electron chi connectivity index (χ0n) is 18.8. The zero-order valence-corrected chi connectivity index (χ0v) is 19.6. The van der Waals surface area contributed by atoms with Crippen LogP contribution in [0.4, 0.5) is 4.39 Å². The number of aromatic nitrogens is 1. The van der Waals surface area contributed by atoms with Gasteiger partial charge in [-0.15, -0.1) is 0 Å². The van der Waals surface area contributed by atoms with E-state index in [0.717, 1.165) is 18.9 Å². The summed E-state index contributed by atoms with van der Waals surface area (Å²) in [6.07, 6.45) is 2.12. The van der Waals surface area contributed by atoms with Gasteiger partial charge in [0, 0.05) is 12.1 Å². The van der Waals surface area contributed by atoms with E-state index < -0.39 is 24.0 Å². The Morgan fingerprint density at radius 2 is 1.97 bits per heavy atom. The molecule has 0 spiro atoms. The van der Waals surface area contributed by atoms with Gasteiger partial charge >= 0.3 is 5.97 Å². The molecule has 1 aliphatic carbocycles. The first-order chi connectivity index (χ1) is 16.7. The molecule has 1 unspecified atom stereocenters. The van der Waals surface area contributed by atoms with Gasteiger partial charge in [-0.1, -0.05) is 11.6 Å². The van der Waals surface area contributed by atoms with E-state index in [4.69, 9.17) is 31.5 Å². The molecule has 0 radical (unpaired) electrons. The second kappa shape index (κ2) is 10.1. The molecule has 3 aromatic rings. The number of carbonyl (C=O) groups is 1. The molecular weight excluding hydrogens is 479 g/mol. The largest absolute Gasteiger partial charge is 0.506 e. The number of pyridine rings is 1. The predicted octanol–water partition coefficient (Wildman–Crippen LogP) is 3.80. The van der Waals surface area contributed by atoms with Crippen molar-refractivity contribution in [1.29, 1.82) is 0 Å². The van der Waals surface area contributed by atoms with Crippen molar-refractivity contribution in [1.82, 2.24) is 4.98 Å². The van der Waals surface area contributed by atoms with Crippen LogP contribution in [0.2, 0.25) is 5.02 Å². The Bertz CT molecular complexity index is 1250. The monoisotopic (exact) mass is 502 g/mol. The number of benzene rings is 2. The van der Waals surface area contributed by atoms with Crippen molar-refractivity contribution in [2.24, 2.45) is 5.73 Å². The average Bonchev–Trinajstić information content (AvgIpc) is 3.68. The van der Waals surface area contributed by atoms with Gasteiger partial charge in [0.1, 0.15) is 23.9 Å². The molecule has 8 nitrogen and oxygen atoms in total. The van der Waals surface area contributed by atoms with E-state index in [0.29, 0.717) is 17.1 Å². The lowest BCUT2D eigenvalue weighted by molar-refractivity contribution is -0.0326. The van der Waals surface area contributed by atoms with E-state index in [1.54, 1.807) is 12.1 Å². The highest BCUT2D eigenvalue weighted by atomic mass is 35.5. The molecule has 4 rings (SSSR count). The second-order valence-electron chi connectivity index (χ2n) is 8.19. The molecule has 0 bridgehead atoms. The van der Waals surface area contributed by atoms with Gasteiger partial charge < -0.3 is 30.2 Å². The first-order valence-corrected chi connectivity index (χ1v) is 11.2. The number of rotatable bonds is 9. The number of ether oxygens (including phenoxy) is 3. The van der Waals surface area contributed by atoms with Gasteiger partial charge in [0.05, 0.1) is 29.5 Å². The van der Waals surface area contributed by atoms with Gasteiger partial charge in [0.15, 0.2) is 17.1 Å². The second-order valence-corrected chi connectivity index (χ2v) is 8.60. The minimum Gasteiger partial charge on any atom is -0.506 e. The number of esters is 1. The standard InChI is InChI=1S/C25H24ClFN2O6/c1-33-21-11-15(3-8-20(21)35-16-4-5-16)24(31)34-13-25(32,12-28)22-9-7-19(30)23(29-22)14-2-6-18(27)17(26)10-14/h2-3,6-11,16,30,32H,4-5,12-13,28H2,1H3. The Morgan fingerprint density at radius 1 is 1.20 bits per heavy atom. The summed E-state index contributed by atoms with van der Waals surface area (Å²) in [6, 6.07) is 11.2. The Kier molecular flexibility index (Phi) is 7.11. The molecular formula is C25H24ClFN2O6. The van der Waals surface area contributed by atoms with Crippen molar-refractivity contribution in [3.05, 3.63) is 70.6 Å². The topological polar surface area (TPSA) is 124 Å². The highest BCUT2D eigenvalue weighted by molar-refractivity contribution is 6.31. The number of aliphatic hydroxyl groups is 1. The van der Waals surface area contributed by atoms with Gasteiger partial charge in [-0.25, -0.2) is 14.2 Å². The molecule has 1 fully saturated rings. The molecule has 1 atom stereocenters. The fourth-order valence-corrected chi connectivity index (χ4v) is 3.51. The third-order valence-corrected chi connectivity index (χ3v) is 5.83. The Hall–Kier alpha value is -3.40. The van der Waals surface area contributed by atoms with Crippen LogP contribution in [-0.4, -0.2) is 47.5 Å². The Morgan fingerprint density at radius 3 is 2.63 bits per heavy atom. The molecule has 2 aromatic carbocycles. The van der Waals surface area contributed by atoms with Crippen LogP contribution in [-0.2, 0) is 10.3 Å². The summed E-state index contributed by atoms with van der Waals surface area (Å²) < 4.78 is 30.0. The molecule has 0 aliphatic heterocycles. The molecule has 0 amide bonds. The van der Waals surface area contributed by atoms with Crippen molar-refractivity contribution in [2.75, 3.05) is 20.3 Å². The van der Waals surface area contributed by atoms with E-state index in [1.807, 2.05) is 0 Å². The maximum absolute atomic E-state index is 13.5. The molecule has 4 N–H and O–H groups in total. The summed E-state index contributed by atoms with van der Waals surface area (Å²) in [5.74, 6) is -0.624. The summed E-state index contributed by atoms with van der Waals surface area (Å²) in [7, 11) is 1.47. The summed E-state index contributed by atoms with van der Waals surface area (Å²) in [4.78, 5) is 17.0. The number of aromatic hydroxyl groups is 1. The molecule has 35 heavy (non-hydrogen) atoms. The normalized spacial score (nSPS) is 14.8. The maximum Gasteiger partial charge on any atom is 0.338 e. The van der Waals surface area contributed by atoms with Crippen molar-refractivity contribution in [3.63, 3.8) is 0 Å². The van der Waals surface area contributed by atoms with Gasteiger partial charge in [-0.05, 0) is 61.4 Å². The van der Waals surface area contributed by atoms with Crippen LogP contribution in [0.5, 0.6) is 17.2 Å². The smallest absolute Gasteiger partial charge is 0.338 e.